The second-order valence-electron chi connectivity index (χ2n) is 5.63. The number of hydrogen-bond donors (Lipinski definition) is 2. The van der Waals surface area contributed by atoms with Gasteiger partial charge in [-0.05, 0) is 5.56 Å². The molecule has 0 aliphatic rings. The van der Waals surface area contributed by atoms with Crippen molar-refractivity contribution in [2.75, 3.05) is 13.2 Å². The monoisotopic (exact) mass is 266 g/mol. The summed E-state index contributed by atoms with van der Waals surface area (Å²) in [6.07, 6.45) is -0.846. The molecule has 0 saturated heterocycles. The highest BCUT2D eigenvalue weighted by molar-refractivity contribution is 5.99. The summed E-state index contributed by atoms with van der Waals surface area (Å²) in [5.74, 6) is 0.107. The van der Waals surface area contributed by atoms with Crippen molar-refractivity contribution < 1.29 is 19.7 Å². The smallest absolute Gasteiger partial charge is 0.168 e. The lowest BCUT2D eigenvalue weighted by Crippen LogP contribution is -2.20. The average molecular weight is 266 g/mol. The van der Waals surface area contributed by atoms with E-state index >= 15 is 0 Å². The van der Waals surface area contributed by atoms with Gasteiger partial charge in [0.2, 0.25) is 0 Å². The topological polar surface area (TPSA) is 66.8 Å². The summed E-state index contributed by atoms with van der Waals surface area (Å²) in [6, 6.07) is 7.25. The first-order valence-electron chi connectivity index (χ1n) is 6.35. The van der Waals surface area contributed by atoms with Crippen molar-refractivity contribution in [1.29, 1.82) is 0 Å². The predicted octanol–water partition coefficient (Wildman–Crippen LogP) is 1.79. The van der Waals surface area contributed by atoms with E-state index in [4.69, 9.17) is 14.9 Å². The number of carbonyl (C=O) groups is 1. The molecule has 0 fully saturated rings. The molecule has 0 saturated carbocycles. The molecule has 19 heavy (non-hydrogen) atoms. The number of ketones is 1. The van der Waals surface area contributed by atoms with E-state index in [-0.39, 0.29) is 24.4 Å². The maximum Gasteiger partial charge on any atom is 0.168 e. The summed E-state index contributed by atoms with van der Waals surface area (Å²) < 4.78 is 5.25. The first kappa shape index (κ1) is 15.8. The zero-order valence-electron chi connectivity index (χ0n) is 11.7. The van der Waals surface area contributed by atoms with Crippen LogP contribution >= 0.6 is 0 Å². The lowest BCUT2D eigenvalue weighted by Gasteiger charge is -2.16. The van der Waals surface area contributed by atoms with Crippen LogP contribution in [0.2, 0.25) is 0 Å². The van der Waals surface area contributed by atoms with Crippen LogP contribution in [0, 0.1) is 5.41 Å². The Morgan fingerprint density at radius 3 is 2.32 bits per heavy atom. The van der Waals surface area contributed by atoms with Gasteiger partial charge in [0.1, 0.15) is 6.10 Å². The van der Waals surface area contributed by atoms with Gasteiger partial charge >= 0.3 is 0 Å². The zero-order valence-corrected chi connectivity index (χ0v) is 11.7. The summed E-state index contributed by atoms with van der Waals surface area (Å²) in [5.41, 5.74) is 1.23. The molecule has 2 N–H and O–H groups in total. The highest BCUT2D eigenvalue weighted by atomic mass is 16.5. The third-order valence-corrected chi connectivity index (χ3v) is 2.69. The molecule has 0 bridgehead atoms. The van der Waals surface area contributed by atoms with Gasteiger partial charge in [-0.2, -0.15) is 0 Å². The summed E-state index contributed by atoms with van der Waals surface area (Å²) in [5, 5.41) is 17.8. The highest BCUT2D eigenvalue weighted by Crippen LogP contribution is 2.21. The molecule has 1 aromatic carbocycles. The Labute approximate surface area is 114 Å². The van der Waals surface area contributed by atoms with Crippen LogP contribution in [0.4, 0.5) is 0 Å². The zero-order chi connectivity index (χ0) is 14.5. The number of benzene rings is 1. The normalized spacial score (nSPS) is 13.3. The molecule has 0 aliphatic carbocycles. The largest absolute Gasteiger partial charge is 0.394 e. The van der Waals surface area contributed by atoms with Gasteiger partial charge in [0.05, 0.1) is 19.8 Å². The minimum Gasteiger partial charge on any atom is -0.394 e. The molecule has 0 spiro atoms. The Bertz CT molecular complexity index is 403. The quantitative estimate of drug-likeness (QED) is 0.770. The molecule has 0 amide bonds. The number of hydrogen-bond acceptors (Lipinski definition) is 4. The molecular formula is C15H22O4. The summed E-state index contributed by atoms with van der Waals surface area (Å²) in [6.45, 7) is 5.81. The molecule has 1 atom stereocenters. The first-order chi connectivity index (χ1) is 8.84. The van der Waals surface area contributed by atoms with Crippen LogP contribution < -0.4 is 0 Å². The predicted molar refractivity (Wildman–Crippen MR) is 73.0 cm³/mol. The molecule has 0 aromatic heterocycles. The minimum atomic E-state index is -0.846. The lowest BCUT2D eigenvalue weighted by atomic mass is 9.86. The Balaban J connectivity index is 2.55. The van der Waals surface area contributed by atoms with E-state index in [9.17, 15) is 4.79 Å². The van der Waals surface area contributed by atoms with Gasteiger partial charge in [0.15, 0.2) is 5.78 Å². The van der Waals surface area contributed by atoms with Crippen molar-refractivity contribution in [3.8, 4) is 0 Å². The van der Waals surface area contributed by atoms with Crippen LogP contribution in [0.15, 0.2) is 24.3 Å². The van der Waals surface area contributed by atoms with Gasteiger partial charge in [-0.15, -0.1) is 0 Å². The fraction of sp³-hybridized carbons (Fsp3) is 0.533. The molecule has 106 valence electrons. The maximum absolute atomic E-state index is 12.0. The third kappa shape index (κ3) is 5.11. The molecule has 0 heterocycles. The van der Waals surface area contributed by atoms with Crippen LogP contribution in [0.1, 0.15) is 36.7 Å². The molecule has 4 heteroatoms. The average Bonchev–Trinajstić information content (AvgIpc) is 2.37. The number of carbonyl (C=O) groups excluding carboxylic acids is 1. The summed E-state index contributed by atoms with van der Waals surface area (Å²) in [4.78, 5) is 12.0. The van der Waals surface area contributed by atoms with E-state index in [2.05, 4.69) is 0 Å². The number of ether oxygens (including phenoxy) is 1. The molecular weight excluding hydrogens is 244 g/mol. The molecule has 0 radical (unpaired) electrons. The third-order valence-electron chi connectivity index (χ3n) is 2.69. The molecule has 0 aliphatic heterocycles. The fourth-order valence-corrected chi connectivity index (χ4v) is 1.55. The van der Waals surface area contributed by atoms with Crippen LogP contribution in [0.3, 0.4) is 0 Å². The van der Waals surface area contributed by atoms with E-state index in [1.807, 2.05) is 32.9 Å². The van der Waals surface area contributed by atoms with Crippen molar-refractivity contribution in [3.05, 3.63) is 35.4 Å². The van der Waals surface area contributed by atoms with E-state index in [1.54, 1.807) is 12.1 Å². The van der Waals surface area contributed by atoms with Crippen LogP contribution in [-0.2, 0) is 11.3 Å². The Hall–Kier alpha value is -1.23. The molecule has 1 aromatic rings. The van der Waals surface area contributed by atoms with Crippen molar-refractivity contribution in [3.63, 3.8) is 0 Å². The van der Waals surface area contributed by atoms with Gasteiger partial charge < -0.3 is 14.9 Å². The van der Waals surface area contributed by atoms with Crippen molar-refractivity contribution in [1.82, 2.24) is 0 Å². The van der Waals surface area contributed by atoms with Gasteiger partial charge in [-0.25, -0.2) is 0 Å². The van der Waals surface area contributed by atoms with Crippen LogP contribution in [0.5, 0.6) is 0 Å². The lowest BCUT2D eigenvalue weighted by molar-refractivity contribution is 0.0000222. The van der Waals surface area contributed by atoms with Crippen molar-refractivity contribution in [2.45, 2.75) is 33.5 Å². The maximum atomic E-state index is 12.0. The van der Waals surface area contributed by atoms with Gasteiger partial charge in [-0.3, -0.25) is 4.79 Å². The number of Topliss-reactive ketones (excluding diaryl/α,β-unsaturated/α-hetero) is 1. The van der Waals surface area contributed by atoms with Crippen LogP contribution in [0.25, 0.3) is 0 Å². The van der Waals surface area contributed by atoms with Crippen molar-refractivity contribution in [2.24, 2.45) is 5.41 Å². The Kier molecular flexibility index (Phi) is 5.66. The Morgan fingerprint density at radius 1 is 1.26 bits per heavy atom. The van der Waals surface area contributed by atoms with E-state index in [0.717, 1.165) is 5.56 Å². The highest BCUT2D eigenvalue weighted by Gasteiger charge is 2.22. The van der Waals surface area contributed by atoms with Crippen molar-refractivity contribution >= 4 is 5.78 Å². The minimum absolute atomic E-state index is 0.0964. The second-order valence-corrected chi connectivity index (χ2v) is 5.63. The molecule has 4 nitrogen and oxygen atoms in total. The van der Waals surface area contributed by atoms with E-state index < -0.39 is 6.10 Å². The Morgan fingerprint density at radius 2 is 1.84 bits per heavy atom. The summed E-state index contributed by atoms with van der Waals surface area (Å²) >= 11 is 0. The molecule has 1 rings (SSSR count). The first-order valence-corrected chi connectivity index (χ1v) is 6.35. The number of aliphatic hydroxyl groups is 2. The van der Waals surface area contributed by atoms with Crippen LogP contribution in [-0.4, -0.2) is 35.3 Å². The summed E-state index contributed by atoms with van der Waals surface area (Å²) in [7, 11) is 0. The van der Waals surface area contributed by atoms with Gasteiger partial charge in [0, 0.05) is 11.0 Å². The van der Waals surface area contributed by atoms with Gasteiger partial charge in [0.25, 0.3) is 0 Å². The van der Waals surface area contributed by atoms with Gasteiger partial charge in [-0.1, -0.05) is 45.0 Å². The standard InChI is InChI=1S/C15H22O4/c1-15(2,3)14(18)12-6-4-11(5-7-12)9-19-10-13(17)8-16/h4-7,13,16-17H,8-10H2,1-3H3/t13-/m0/s1. The fourth-order valence-electron chi connectivity index (χ4n) is 1.55. The van der Waals surface area contributed by atoms with E-state index in [1.165, 1.54) is 0 Å². The number of aliphatic hydroxyl groups excluding tert-OH is 2. The molecule has 0 unspecified atom stereocenters. The number of rotatable bonds is 6. The van der Waals surface area contributed by atoms with E-state index in [0.29, 0.717) is 12.2 Å². The SMILES string of the molecule is CC(C)(C)C(=O)c1ccc(COC[C@@H](O)CO)cc1. The second kappa shape index (κ2) is 6.80.